The van der Waals surface area contributed by atoms with E-state index in [4.69, 9.17) is 14.3 Å². The lowest BCUT2D eigenvalue weighted by molar-refractivity contribution is 0.0656. The van der Waals surface area contributed by atoms with E-state index in [0.717, 1.165) is 0 Å². The van der Waals surface area contributed by atoms with Gasteiger partial charge in [0.1, 0.15) is 11.3 Å². The molecule has 0 aliphatic rings. The second kappa shape index (κ2) is 3.61. The molecule has 0 fully saturated rings. The molecule has 0 amide bonds. The molecule has 0 bridgehead atoms. The maximum atomic E-state index is 10.6. The average molecular weight is 207 g/mol. The first-order chi connectivity index (χ1) is 7.20. The van der Waals surface area contributed by atoms with E-state index in [0.29, 0.717) is 23.5 Å². The fraction of sp³-hybridized carbons (Fsp3) is 0.200. The van der Waals surface area contributed by atoms with Crippen molar-refractivity contribution in [3.8, 4) is 5.75 Å². The maximum absolute atomic E-state index is 10.6. The van der Waals surface area contributed by atoms with E-state index in [2.05, 4.69) is 4.98 Å². The number of benzene rings is 1. The van der Waals surface area contributed by atoms with Crippen molar-refractivity contribution in [1.29, 1.82) is 0 Å². The molecule has 1 aromatic heterocycles. The highest BCUT2D eigenvalue weighted by Crippen LogP contribution is 2.21. The molecule has 2 aromatic rings. The van der Waals surface area contributed by atoms with Gasteiger partial charge in [0.2, 0.25) is 0 Å². The largest absolute Gasteiger partial charge is 0.494 e. The minimum Gasteiger partial charge on any atom is -0.494 e. The van der Waals surface area contributed by atoms with Crippen LogP contribution in [0.15, 0.2) is 22.6 Å². The van der Waals surface area contributed by atoms with Gasteiger partial charge in [-0.05, 0) is 19.1 Å². The van der Waals surface area contributed by atoms with Crippen molar-refractivity contribution in [3.63, 3.8) is 0 Å². The molecule has 1 aromatic carbocycles. The highest BCUT2D eigenvalue weighted by molar-refractivity contribution is 5.86. The third kappa shape index (κ3) is 1.76. The molecule has 0 aliphatic carbocycles. The molecule has 5 nitrogen and oxygen atoms in total. The molecule has 15 heavy (non-hydrogen) atoms. The zero-order chi connectivity index (χ0) is 10.8. The van der Waals surface area contributed by atoms with Gasteiger partial charge in [-0.25, -0.2) is 9.78 Å². The van der Waals surface area contributed by atoms with Crippen molar-refractivity contribution < 1.29 is 19.1 Å². The summed E-state index contributed by atoms with van der Waals surface area (Å²) >= 11 is 0. The zero-order valence-electron chi connectivity index (χ0n) is 8.06. The van der Waals surface area contributed by atoms with E-state index < -0.39 is 5.97 Å². The molecular formula is C10H9NO4. The summed E-state index contributed by atoms with van der Waals surface area (Å²) in [5.41, 5.74) is 0.925. The predicted molar refractivity (Wildman–Crippen MR) is 52.1 cm³/mol. The van der Waals surface area contributed by atoms with Crippen LogP contribution < -0.4 is 4.74 Å². The fourth-order valence-corrected chi connectivity index (χ4v) is 1.25. The minimum atomic E-state index is -1.18. The first-order valence-corrected chi connectivity index (χ1v) is 4.47. The van der Waals surface area contributed by atoms with Crippen LogP contribution in [0.25, 0.3) is 11.1 Å². The Balaban J connectivity index is 2.47. The van der Waals surface area contributed by atoms with Crippen molar-refractivity contribution >= 4 is 17.1 Å². The Hall–Kier alpha value is -2.04. The van der Waals surface area contributed by atoms with Crippen LogP contribution in [-0.4, -0.2) is 22.7 Å². The second-order valence-electron chi connectivity index (χ2n) is 2.89. The summed E-state index contributed by atoms with van der Waals surface area (Å²) in [5.74, 6) is -0.846. The quantitative estimate of drug-likeness (QED) is 0.832. The molecule has 0 radical (unpaired) electrons. The van der Waals surface area contributed by atoms with Gasteiger partial charge in [-0.1, -0.05) is 0 Å². The molecule has 0 atom stereocenters. The van der Waals surface area contributed by atoms with Crippen molar-refractivity contribution in [1.82, 2.24) is 4.98 Å². The molecule has 0 saturated carbocycles. The van der Waals surface area contributed by atoms with Crippen LogP contribution in [-0.2, 0) is 0 Å². The highest BCUT2D eigenvalue weighted by Gasteiger charge is 2.12. The number of aromatic carboxylic acids is 1. The van der Waals surface area contributed by atoms with Crippen molar-refractivity contribution in [2.75, 3.05) is 6.61 Å². The number of hydrogen-bond donors (Lipinski definition) is 1. The molecule has 0 saturated heterocycles. The van der Waals surface area contributed by atoms with Gasteiger partial charge in [-0.15, -0.1) is 0 Å². The second-order valence-corrected chi connectivity index (χ2v) is 2.89. The fourth-order valence-electron chi connectivity index (χ4n) is 1.25. The SMILES string of the molecule is CCOc1ccc2nc(C(=O)O)oc2c1. The van der Waals surface area contributed by atoms with Gasteiger partial charge in [0, 0.05) is 6.07 Å². The number of aromatic nitrogens is 1. The normalized spacial score (nSPS) is 10.5. The van der Waals surface area contributed by atoms with E-state index >= 15 is 0 Å². The van der Waals surface area contributed by atoms with Gasteiger partial charge in [0.15, 0.2) is 5.58 Å². The Morgan fingerprint density at radius 1 is 1.60 bits per heavy atom. The molecule has 0 spiro atoms. The smallest absolute Gasteiger partial charge is 0.392 e. The molecule has 1 heterocycles. The lowest BCUT2D eigenvalue weighted by Gasteiger charge is -2.00. The number of fused-ring (bicyclic) bond motifs is 1. The molecule has 0 unspecified atom stereocenters. The zero-order valence-corrected chi connectivity index (χ0v) is 8.06. The van der Waals surface area contributed by atoms with Crippen LogP contribution in [0, 0.1) is 0 Å². The summed E-state index contributed by atoms with van der Waals surface area (Å²) in [6.07, 6.45) is 0. The van der Waals surface area contributed by atoms with Crippen molar-refractivity contribution in [2.45, 2.75) is 6.92 Å². The molecule has 0 aliphatic heterocycles. The number of carboxylic acid groups (broad SMARTS) is 1. The number of nitrogens with zero attached hydrogens (tertiary/aromatic N) is 1. The number of carbonyl (C=O) groups is 1. The number of oxazole rings is 1. The molecule has 5 heteroatoms. The lowest BCUT2D eigenvalue weighted by Crippen LogP contribution is -1.94. The molecule has 2 rings (SSSR count). The van der Waals surface area contributed by atoms with Gasteiger partial charge < -0.3 is 14.3 Å². The highest BCUT2D eigenvalue weighted by atomic mass is 16.5. The summed E-state index contributed by atoms with van der Waals surface area (Å²) in [5, 5.41) is 8.67. The standard InChI is InChI=1S/C10H9NO4/c1-2-14-6-3-4-7-8(5-6)15-9(11-7)10(12)13/h3-5H,2H2,1H3,(H,12,13). The van der Waals surface area contributed by atoms with Crippen molar-refractivity contribution in [2.24, 2.45) is 0 Å². The van der Waals surface area contributed by atoms with Gasteiger partial charge in [0.05, 0.1) is 6.61 Å². The van der Waals surface area contributed by atoms with E-state index in [-0.39, 0.29) is 5.89 Å². The number of rotatable bonds is 3. The van der Waals surface area contributed by atoms with E-state index in [1.807, 2.05) is 6.92 Å². The van der Waals surface area contributed by atoms with E-state index in [1.165, 1.54) is 0 Å². The van der Waals surface area contributed by atoms with Crippen LogP contribution in [0.3, 0.4) is 0 Å². The first kappa shape index (κ1) is 9.51. The first-order valence-electron chi connectivity index (χ1n) is 4.47. The van der Waals surface area contributed by atoms with E-state index in [1.54, 1.807) is 18.2 Å². The van der Waals surface area contributed by atoms with Crippen LogP contribution in [0.4, 0.5) is 0 Å². The minimum absolute atomic E-state index is 0.307. The maximum Gasteiger partial charge on any atom is 0.392 e. The monoisotopic (exact) mass is 207 g/mol. The van der Waals surface area contributed by atoms with Crippen LogP contribution in [0.5, 0.6) is 5.75 Å². The topological polar surface area (TPSA) is 72.6 Å². The number of hydrogen-bond acceptors (Lipinski definition) is 4. The third-order valence-electron chi connectivity index (χ3n) is 1.85. The number of ether oxygens (including phenoxy) is 1. The van der Waals surface area contributed by atoms with Crippen molar-refractivity contribution in [3.05, 3.63) is 24.1 Å². The lowest BCUT2D eigenvalue weighted by atomic mass is 10.3. The van der Waals surface area contributed by atoms with Gasteiger partial charge in [0.25, 0.3) is 0 Å². The Morgan fingerprint density at radius 3 is 3.07 bits per heavy atom. The summed E-state index contributed by atoms with van der Waals surface area (Å²) in [4.78, 5) is 14.4. The predicted octanol–water partition coefficient (Wildman–Crippen LogP) is 1.92. The average Bonchev–Trinajstić information content (AvgIpc) is 2.61. The van der Waals surface area contributed by atoms with Gasteiger partial charge in [-0.2, -0.15) is 0 Å². The summed E-state index contributed by atoms with van der Waals surface area (Å²) in [6, 6.07) is 5.01. The van der Waals surface area contributed by atoms with Gasteiger partial charge >= 0.3 is 11.9 Å². The molecule has 1 N–H and O–H groups in total. The van der Waals surface area contributed by atoms with E-state index in [9.17, 15) is 4.79 Å². The van der Waals surface area contributed by atoms with Crippen LogP contribution in [0.1, 0.15) is 17.6 Å². The third-order valence-corrected chi connectivity index (χ3v) is 1.85. The molecule has 78 valence electrons. The van der Waals surface area contributed by atoms with Crippen LogP contribution in [0.2, 0.25) is 0 Å². The Kier molecular flexibility index (Phi) is 2.29. The molecular weight excluding hydrogens is 198 g/mol. The van der Waals surface area contributed by atoms with Crippen LogP contribution >= 0.6 is 0 Å². The Morgan fingerprint density at radius 2 is 2.40 bits per heavy atom. The summed E-state index contributed by atoms with van der Waals surface area (Å²) in [6.45, 7) is 2.42. The number of carboxylic acids is 1. The summed E-state index contributed by atoms with van der Waals surface area (Å²) in [7, 11) is 0. The Bertz CT molecular complexity index is 503. The summed E-state index contributed by atoms with van der Waals surface area (Å²) < 4.78 is 10.3. The Labute approximate surface area is 85.3 Å². The van der Waals surface area contributed by atoms with Gasteiger partial charge in [-0.3, -0.25) is 0 Å².